The molecular formula is C17H10BrCl2NO2. The lowest BCUT2D eigenvalue weighted by atomic mass is 10.1. The van der Waals surface area contributed by atoms with Gasteiger partial charge in [0, 0.05) is 20.4 Å². The van der Waals surface area contributed by atoms with Crippen molar-refractivity contribution in [1.29, 1.82) is 0 Å². The third-order valence-electron chi connectivity index (χ3n) is 4.39. The number of carbonyl (C=O) groups is 2. The second-order valence-corrected chi connectivity index (χ2v) is 7.56. The summed E-state index contributed by atoms with van der Waals surface area (Å²) in [4.78, 5) is 26.5. The molecule has 2 unspecified atom stereocenters. The van der Waals surface area contributed by atoms with Crippen molar-refractivity contribution in [2.45, 2.75) is 5.92 Å². The summed E-state index contributed by atoms with van der Waals surface area (Å²) in [6.45, 7) is 0. The smallest absolute Gasteiger partial charge is 0.238 e. The third-order valence-corrected chi connectivity index (χ3v) is 5.36. The van der Waals surface area contributed by atoms with Crippen molar-refractivity contribution in [3.8, 4) is 0 Å². The first-order valence-electron chi connectivity index (χ1n) is 7.07. The fourth-order valence-corrected chi connectivity index (χ4v) is 4.13. The molecule has 116 valence electrons. The lowest BCUT2D eigenvalue weighted by molar-refractivity contribution is -0.123. The average molecular weight is 411 g/mol. The van der Waals surface area contributed by atoms with Crippen LogP contribution in [0.1, 0.15) is 11.5 Å². The molecule has 2 aliphatic rings. The topological polar surface area (TPSA) is 37.4 Å². The third kappa shape index (κ3) is 2.40. The molecule has 0 aromatic heterocycles. The maximum atomic E-state index is 12.6. The Morgan fingerprint density at radius 3 is 1.87 bits per heavy atom. The number of hydrogen-bond donors (Lipinski definition) is 0. The van der Waals surface area contributed by atoms with E-state index in [0.29, 0.717) is 15.7 Å². The highest BCUT2D eigenvalue weighted by atomic mass is 79.9. The van der Waals surface area contributed by atoms with Crippen LogP contribution in [0.2, 0.25) is 10.0 Å². The Morgan fingerprint density at radius 2 is 1.35 bits per heavy atom. The van der Waals surface area contributed by atoms with Crippen LogP contribution in [0.4, 0.5) is 5.69 Å². The van der Waals surface area contributed by atoms with E-state index in [1.54, 1.807) is 18.2 Å². The van der Waals surface area contributed by atoms with E-state index in [-0.39, 0.29) is 29.6 Å². The van der Waals surface area contributed by atoms with Crippen molar-refractivity contribution in [2.75, 3.05) is 4.90 Å². The van der Waals surface area contributed by atoms with Crippen molar-refractivity contribution in [2.24, 2.45) is 11.8 Å². The number of fused-ring (bicyclic) bond motifs is 1. The highest BCUT2D eigenvalue weighted by Gasteiger charge is 2.67. The molecule has 23 heavy (non-hydrogen) atoms. The second-order valence-electron chi connectivity index (χ2n) is 5.77. The fourth-order valence-electron chi connectivity index (χ4n) is 3.35. The molecule has 1 aliphatic carbocycles. The molecule has 2 fully saturated rings. The number of anilines is 1. The number of carbonyl (C=O) groups excluding carboxylic acids is 2. The van der Waals surface area contributed by atoms with Crippen molar-refractivity contribution in [3.63, 3.8) is 0 Å². The lowest BCUT2D eigenvalue weighted by Crippen LogP contribution is -2.34. The molecule has 1 aliphatic heterocycles. The number of halogens is 3. The Kier molecular flexibility index (Phi) is 3.52. The lowest BCUT2D eigenvalue weighted by Gasteiger charge is -2.19. The molecule has 2 aromatic carbocycles. The van der Waals surface area contributed by atoms with Gasteiger partial charge in [0.15, 0.2) is 0 Å². The second kappa shape index (κ2) is 5.33. The molecular weight excluding hydrogens is 401 g/mol. The van der Waals surface area contributed by atoms with Gasteiger partial charge in [-0.15, -0.1) is 0 Å². The van der Waals surface area contributed by atoms with E-state index >= 15 is 0 Å². The summed E-state index contributed by atoms with van der Waals surface area (Å²) >= 11 is 15.3. The number of amides is 2. The molecule has 0 spiro atoms. The summed E-state index contributed by atoms with van der Waals surface area (Å²) in [5.74, 6) is -0.922. The minimum atomic E-state index is -0.276. The van der Waals surface area contributed by atoms with Crippen molar-refractivity contribution in [3.05, 3.63) is 62.5 Å². The summed E-state index contributed by atoms with van der Waals surface area (Å²) in [5, 5.41) is 0.802. The Hall–Kier alpha value is -1.36. The van der Waals surface area contributed by atoms with Crippen LogP contribution >= 0.6 is 39.1 Å². The van der Waals surface area contributed by atoms with Crippen LogP contribution < -0.4 is 4.90 Å². The zero-order valence-corrected chi connectivity index (χ0v) is 14.8. The van der Waals surface area contributed by atoms with Crippen LogP contribution in [-0.2, 0) is 9.59 Å². The summed E-state index contributed by atoms with van der Waals surface area (Å²) < 4.78 is 0.972. The molecule has 2 amide bonds. The predicted octanol–water partition coefficient (Wildman–Crippen LogP) is 4.66. The van der Waals surface area contributed by atoms with Crippen LogP contribution in [0.3, 0.4) is 0 Å². The molecule has 0 N–H and O–H groups in total. The minimum absolute atomic E-state index is 0.0194. The molecule has 0 radical (unpaired) electrons. The normalized spacial score (nSPS) is 25.7. The first kappa shape index (κ1) is 15.2. The quantitative estimate of drug-likeness (QED) is 0.675. The minimum Gasteiger partial charge on any atom is -0.274 e. The number of hydrogen-bond acceptors (Lipinski definition) is 2. The van der Waals surface area contributed by atoms with E-state index in [1.807, 2.05) is 24.3 Å². The van der Waals surface area contributed by atoms with Crippen LogP contribution in [0.25, 0.3) is 0 Å². The van der Waals surface area contributed by atoms with Crippen LogP contribution in [0.15, 0.2) is 46.9 Å². The molecule has 2 atom stereocenters. The van der Waals surface area contributed by atoms with Crippen LogP contribution in [-0.4, -0.2) is 11.8 Å². The van der Waals surface area contributed by atoms with Gasteiger partial charge < -0.3 is 0 Å². The summed E-state index contributed by atoms with van der Waals surface area (Å²) in [6.07, 6.45) is 0. The van der Waals surface area contributed by atoms with E-state index < -0.39 is 0 Å². The van der Waals surface area contributed by atoms with Gasteiger partial charge in [-0.1, -0.05) is 51.3 Å². The largest absolute Gasteiger partial charge is 0.274 e. The van der Waals surface area contributed by atoms with Gasteiger partial charge >= 0.3 is 0 Å². The summed E-state index contributed by atoms with van der Waals surface area (Å²) in [5.41, 5.74) is 1.47. The maximum absolute atomic E-state index is 12.6. The Balaban J connectivity index is 1.64. The van der Waals surface area contributed by atoms with Crippen molar-refractivity contribution >= 4 is 56.6 Å². The highest BCUT2D eigenvalue weighted by molar-refractivity contribution is 9.10. The van der Waals surface area contributed by atoms with Gasteiger partial charge in [0.1, 0.15) is 0 Å². The van der Waals surface area contributed by atoms with E-state index in [2.05, 4.69) is 15.9 Å². The van der Waals surface area contributed by atoms with E-state index in [1.165, 1.54) is 4.90 Å². The van der Waals surface area contributed by atoms with Crippen LogP contribution in [0, 0.1) is 11.8 Å². The number of piperidine rings is 1. The monoisotopic (exact) mass is 409 g/mol. The number of nitrogens with zero attached hydrogens (tertiary/aromatic N) is 1. The average Bonchev–Trinajstić information content (AvgIpc) is 3.16. The molecule has 3 nitrogen and oxygen atoms in total. The zero-order valence-electron chi connectivity index (χ0n) is 11.7. The summed E-state index contributed by atoms with van der Waals surface area (Å²) in [6, 6.07) is 12.5. The Morgan fingerprint density at radius 1 is 0.826 bits per heavy atom. The first-order chi connectivity index (χ1) is 11.0. The van der Waals surface area contributed by atoms with E-state index in [9.17, 15) is 9.59 Å². The van der Waals surface area contributed by atoms with Crippen molar-refractivity contribution < 1.29 is 9.59 Å². The van der Waals surface area contributed by atoms with Gasteiger partial charge in [-0.2, -0.15) is 0 Å². The van der Waals surface area contributed by atoms with Gasteiger partial charge in [-0.05, 0) is 35.9 Å². The number of benzene rings is 2. The predicted molar refractivity (Wildman–Crippen MR) is 92.8 cm³/mol. The van der Waals surface area contributed by atoms with E-state index in [4.69, 9.17) is 23.2 Å². The molecule has 4 rings (SSSR count). The van der Waals surface area contributed by atoms with Gasteiger partial charge in [0.2, 0.25) is 11.8 Å². The van der Waals surface area contributed by atoms with Gasteiger partial charge in [0.25, 0.3) is 0 Å². The molecule has 6 heteroatoms. The molecule has 1 heterocycles. The number of imide groups is 1. The summed E-state index contributed by atoms with van der Waals surface area (Å²) in [7, 11) is 0. The highest BCUT2D eigenvalue weighted by Crippen LogP contribution is 2.60. The molecule has 1 saturated carbocycles. The molecule has 2 aromatic rings. The Labute approximate surface area is 151 Å². The molecule has 1 saturated heterocycles. The van der Waals surface area contributed by atoms with Gasteiger partial charge in [0.05, 0.1) is 17.5 Å². The SMILES string of the molecule is O=C1C2C(C(=O)N1c1cc(Cl)cc(Cl)c1)C2c1ccc(Br)cc1. The van der Waals surface area contributed by atoms with E-state index in [0.717, 1.165) is 10.0 Å². The van der Waals surface area contributed by atoms with Crippen molar-refractivity contribution in [1.82, 2.24) is 0 Å². The maximum Gasteiger partial charge on any atom is 0.238 e. The molecule has 0 bridgehead atoms. The van der Waals surface area contributed by atoms with Gasteiger partial charge in [-0.3, -0.25) is 9.59 Å². The first-order valence-corrected chi connectivity index (χ1v) is 8.61. The van der Waals surface area contributed by atoms with Crippen LogP contribution in [0.5, 0.6) is 0 Å². The van der Waals surface area contributed by atoms with Gasteiger partial charge in [-0.25, -0.2) is 4.90 Å². The zero-order chi connectivity index (χ0) is 16.3. The Bertz CT molecular complexity index is 795. The fraction of sp³-hybridized carbons (Fsp3) is 0.176. The standard InChI is InChI=1S/C17H10BrCl2NO2/c18-9-3-1-8(2-4-9)13-14-15(13)17(23)21(16(14)22)12-6-10(19)5-11(20)7-12/h1-7,13-15H. The number of rotatable bonds is 2.